The maximum absolute atomic E-state index is 12.7. The zero-order valence-electron chi connectivity index (χ0n) is 15.2. The minimum atomic E-state index is -3.32. The number of ether oxygens (including phenoxy) is 1. The van der Waals surface area contributed by atoms with Crippen LogP contribution in [0.1, 0.15) is 26.2 Å². The van der Waals surface area contributed by atoms with Gasteiger partial charge in [-0.3, -0.25) is 9.52 Å². The molecule has 2 rings (SSSR count). The van der Waals surface area contributed by atoms with Crippen LogP contribution >= 0.6 is 12.4 Å². The summed E-state index contributed by atoms with van der Waals surface area (Å²) in [5.74, 6) is 0.0224. The molecule has 1 amide bonds. The second-order valence-corrected chi connectivity index (χ2v) is 8.26. The fourth-order valence-electron chi connectivity index (χ4n) is 3.00. The molecule has 0 saturated carbocycles. The number of anilines is 2. The topological polar surface area (TPSA) is 96.5 Å². The molecule has 1 heterocycles. The standard InChI is InChI=1S/C17H27N3O4S.ClH/c1-3-12-25(22,23)20-15-6-4-14(5-7-15)19-16(21)17(13-24-2)8-10-18-11-9-17;/h4-7,18,20H,3,8-13H2,1-2H3,(H,19,21);1H. The molecule has 3 N–H and O–H groups in total. The zero-order chi connectivity index (χ0) is 18.3. The summed E-state index contributed by atoms with van der Waals surface area (Å²) in [6, 6.07) is 6.69. The van der Waals surface area contributed by atoms with Crippen molar-refractivity contribution in [3.8, 4) is 0 Å². The summed E-state index contributed by atoms with van der Waals surface area (Å²) in [4.78, 5) is 12.7. The molecular weight excluding hydrogens is 378 g/mol. The summed E-state index contributed by atoms with van der Waals surface area (Å²) in [6.45, 7) is 3.77. The largest absolute Gasteiger partial charge is 0.384 e. The molecule has 0 radical (unpaired) electrons. The number of rotatable bonds is 8. The van der Waals surface area contributed by atoms with Crippen molar-refractivity contribution in [2.24, 2.45) is 5.41 Å². The van der Waals surface area contributed by atoms with Gasteiger partial charge in [-0.25, -0.2) is 8.42 Å². The second kappa shape index (κ2) is 10.1. The van der Waals surface area contributed by atoms with Crippen LogP contribution in [0.4, 0.5) is 11.4 Å². The lowest BCUT2D eigenvalue weighted by Crippen LogP contribution is -2.47. The van der Waals surface area contributed by atoms with Crippen molar-refractivity contribution in [3.63, 3.8) is 0 Å². The number of hydrogen-bond donors (Lipinski definition) is 3. The molecule has 0 atom stereocenters. The van der Waals surface area contributed by atoms with Gasteiger partial charge in [0.2, 0.25) is 15.9 Å². The van der Waals surface area contributed by atoms with Crippen LogP contribution in [0.25, 0.3) is 0 Å². The molecule has 1 saturated heterocycles. The lowest BCUT2D eigenvalue weighted by atomic mass is 9.78. The molecule has 9 heteroatoms. The fraction of sp³-hybridized carbons (Fsp3) is 0.588. The van der Waals surface area contributed by atoms with Crippen LogP contribution in [0, 0.1) is 5.41 Å². The molecule has 0 bridgehead atoms. The van der Waals surface area contributed by atoms with E-state index in [-0.39, 0.29) is 24.1 Å². The van der Waals surface area contributed by atoms with E-state index in [0.717, 1.165) is 25.9 Å². The number of amides is 1. The Hall–Kier alpha value is -1.35. The smallest absolute Gasteiger partial charge is 0.233 e. The molecule has 0 unspecified atom stereocenters. The fourth-order valence-corrected chi connectivity index (χ4v) is 4.14. The third-order valence-corrected chi connectivity index (χ3v) is 5.84. The van der Waals surface area contributed by atoms with Gasteiger partial charge in [-0.15, -0.1) is 12.4 Å². The number of piperidine rings is 1. The van der Waals surface area contributed by atoms with Gasteiger partial charge in [-0.2, -0.15) is 0 Å². The van der Waals surface area contributed by atoms with Crippen molar-refractivity contribution in [3.05, 3.63) is 24.3 Å². The monoisotopic (exact) mass is 405 g/mol. The van der Waals surface area contributed by atoms with Gasteiger partial charge in [0.25, 0.3) is 0 Å². The molecule has 1 aliphatic heterocycles. The summed E-state index contributed by atoms with van der Waals surface area (Å²) in [6.07, 6.45) is 2.00. The van der Waals surface area contributed by atoms with Crippen molar-refractivity contribution in [1.29, 1.82) is 0 Å². The average Bonchev–Trinajstić information content (AvgIpc) is 2.57. The number of nitrogens with one attached hydrogen (secondary N) is 3. The Morgan fingerprint density at radius 1 is 1.19 bits per heavy atom. The summed E-state index contributed by atoms with van der Waals surface area (Å²) in [5, 5.41) is 6.18. The predicted molar refractivity (Wildman–Crippen MR) is 106 cm³/mol. The van der Waals surface area contributed by atoms with E-state index < -0.39 is 15.4 Å². The first-order chi connectivity index (χ1) is 11.9. The number of carbonyl (C=O) groups excluding carboxylic acids is 1. The number of benzene rings is 1. The van der Waals surface area contributed by atoms with Crippen LogP contribution in [0.2, 0.25) is 0 Å². The first kappa shape index (κ1) is 22.7. The highest BCUT2D eigenvalue weighted by Gasteiger charge is 2.39. The van der Waals surface area contributed by atoms with Crippen LogP contribution < -0.4 is 15.4 Å². The molecule has 1 aromatic carbocycles. The molecule has 26 heavy (non-hydrogen) atoms. The highest BCUT2D eigenvalue weighted by Crippen LogP contribution is 2.31. The SMILES string of the molecule is CCCS(=O)(=O)Nc1ccc(NC(=O)C2(COC)CCNCC2)cc1.Cl. The van der Waals surface area contributed by atoms with E-state index in [1.54, 1.807) is 31.4 Å². The van der Waals surface area contributed by atoms with Gasteiger partial charge in [0, 0.05) is 18.5 Å². The van der Waals surface area contributed by atoms with Crippen molar-refractivity contribution in [2.45, 2.75) is 26.2 Å². The molecule has 1 aromatic rings. The number of hydrogen-bond acceptors (Lipinski definition) is 5. The molecular formula is C17H28ClN3O4S. The maximum Gasteiger partial charge on any atom is 0.233 e. The molecule has 0 spiro atoms. The molecule has 1 fully saturated rings. The Morgan fingerprint density at radius 3 is 2.31 bits per heavy atom. The van der Waals surface area contributed by atoms with Gasteiger partial charge in [-0.05, 0) is 56.6 Å². The lowest BCUT2D eigenvalue weighted by molar-refractivity contribution is -0.130. The predicted octanol–water partition coefficient (Wildman–Crippen LogP) is 2.21. The first-order valence-electron chi connectivity index (χ1n) is 8.52. The van der Waals surface area contributed by atoms with Crippen LogP contribution in [0.3, 0.4) is 0 Å². The summed E-state index contributed by atoms with van der Waals surface area (Å²) < 4.78 is 31.4. The van der Waals surface area contributed by atoms with Gasteiger partial charge in [0.05, 0.1) is 17.8 Å². The highest BCUT2D eigenvalue weighted by atomic mass is 35.5. The Morgan fingerprint density at radius 2 is 1.77 bits per heavy atom. The maximum atomic E-state index is 12.7. The van der Waals surface area contributed by atoms with Gasteiger partial charge < -0.3 is 15.4 Å². The van der Waals surface area contributed by atoms with E-state index in [2.05, 4.69) is 15.4 Å². The molecule has 0 aromatic heterocycles. The molecule has 1 aliphatic rings. The van der Waals surface area contributed by atoms with Crippen LogP contribution in [0.5, 0.6) is 0 Å². The highest BCUT2D eigenvalue weighted by molar-refractivity contribution is 7.92. The van der Waals surface area contributed by atoms with Crippen molar-refractivity contribution in [1.82, 2.24) is 5.32 Å². The van der Waals surface area contributed by atoms with E-state index in [4.69, 9.17) is 4.74 Å². The number of halogens is 1. The quantitative estimate of drug-likeness (QED) is 0.616. The van der Waals surface area contributed by atoms with E-state index in [1.165, 1.54) is 0 Å². The van der Waals surface area contributed by atoms with E-state index >= 15 is 0 Å². The van der Waals surface area contributed by atoms with Crippen LogP contribution in [-0.2, 0) is 19.6 Å². The van der Waals surface area contributed by atoms with Gasteiger partial charge >= 0.3 is 0 Å². The Labute approximate surface area is 161 Å². The Balaban J connectivity index is 0.00000338. The minimum absolute atomic E-state index is 0. The Bertz CT molecular complexity index is 668. The van der Waals surface area contributed by atoms with Crippen LogP contribution in [0.15, 0.2) is 24.3 Å². The van der Waals surface area contributed by atoms with Crippen molar-refractivity contribution >= 4 is 39.7 Å². The van der Waals surface area contributed by atoms with Gasteiger partial charge in [0.15, 0.2) is 0 Å². The average molecular weight is 406 g/mol. The van der Waals surface area contributed by atoms with E-state index in [0.29, 0.717) is 24.4 Å². The number of methoxy groups -OCH3 is 1. The molecule has 148 valence electrons. The third kappa shape index (κ3) is 6.12. The van der Waals surface area contributed by atoms with Crippen molar-refractivity contribution < 1.29 is 17.9 Å². The van der Waals surface area contributed by atoms with Crippen LogP contribution in [-0.4, -0.2) is 46.9 Å². The first-order valence-corrected chi connectivity index (χ1v) is 10.2. The third-order valence-electron chi connectivity index (χ3n) is 4.35. The van der Waals surface area contributed by atoms with E-state index in [1.807, 2.05) is 6.92 Å². The van der Waals surface area contributed by atoms with Gasteiger partial charge in [-0.1, -0.05) is 6.92 Å². The summed E-state index contributed by atoms with van der Waals surface area (Å²) in [7, 11) is -1.71. The summed E-state index contributed by atoms with van der Waals surface area (Å²) in [5.41, 5.74) is 0.596. The van der Waals surface area contributed by atoms with Gasteiger partial charge in [0.1, 0.15) is 0 Å². The lowest BCUT2D eigenvalue weighted by Gasteiger charge is -2.35. The molecule has 0 aliphatic carbocycles. The van der Waals surface area contributed by atoms with Crippen molar-refractivity contribution in [2.75, 3.05) is 42.6 Å². The minimum Gasteiger partial charge on any atom is -0.384 e. The summed E-state index contributed by atoms with van der Waals surface area (Å²) >= 11 is 0. The van der Waals surface area contributed by atoms with E-state index in [9.17, 15) is 13.2 Å². The molecule has 7 nitrogen and oxygen atoms in total. The number of sulfonamides is 1. The Kier molecular flexibility index (Phi) is 8.82. The second-order valence-electron chi connectivity index (χ2n) is 6.42. The number of carbonyl (C=O) groups is 1. The zero-order valence-corrected chi connectivity index (χ0v) is 16.8. The normalized spacial score (nSPS) is 16.4.